The standard InChI is InChI=1S/C15H10ClNO3/c16-15-17-13(9-1-5-11(18)6-2-9)14(20-15)10-3-7-12(19)8-4-10/h1-8,18-19H. The molecule has 3 rings (SSSR count). The molecule has 0 radical (unpaired) electrons. The predicted octanol–water partition coefficient (Wildman–Crippen LogP) is 4.07. The van der Waals surface area contributed by atoms with Crippen LogP contribution in [0.15, 0.2) is 52.9 Å². The van der Waals surface area contributed by atoms with E-state index >= 15 is 0 Å². The molecule has 4 nitrogen and oxygen atoms in total. The van der Waals surface area contributed by atoms with E-state index in [-0.39, 0.29) is 16.8 Å². The maximum atomic E-state index is 9.33. The topological polar surface area (TPSA) is 66.5 Å². The van der Waals surface area contributed by atoms with Gasteiger partial charge in [0.15, 0.2) is 5.76 Å². The second kappa shape index (κ2) is 4.90. The van der Waals surface area contributed by atoms with Gasteiger partial charge < -0.3 is 14.6 Å². The number of nitrogens with zero attached hydrogens (tertiary/aromatic N) is 1. The van der Waals surface area contributed by atoms with Crippen molar-refractivity contribution in [2.45, 2.75) is 0 Å². The average molecular weight is 288 g/mol. The van der Waals surface area contributed by atoms with Gasteiger partial charge in [0.2, 0.25) is 0 Å². The Morgan fingerprint density at radius 1 is 0.800 bits per heavy atom. The molecule has 20 heavy (non-hydrogen) atoms. The maximum Gasteiger partial charge on any atom is 0.293 e. The fraction of sp³-hybridized carbons (Fsp3) is 0. The molecular formula is C15H10ClNO3. The SMILES string of the molecule is Oc1ccc(-c2nc(Cl)oc2-c2ccc(O)cc2)cc1. The predicted molar refractivity (Wildman–Crippen MR) is 75.7 cm³/mol. The van der Waals surface area contributed by atoms with E-state index in [2.05, 4.69) is 4.98 Å². The number of benzene rings is 2. The van der Waals surface area contributed by atoms with E-state index < -0.39 is 0 Å². The minimum absolute atomic E-state index is 0.0381. The highest BCUT2D eigenvalue weighted by Crippen LogP contribution is 2.35. The van der Waals surface area contributed by atoms with Gasteiger partial charge in [-0.2, -0.15) is 4.98 Å². The summed E-state index contributed by atoms with van der Waals surface area (Å²) in [5.41, 5.74) is 2.12. The lowest BCUT2D eigenvalue weighted by Crippen LogP contribution is -1.82. The molecule has 1 aromatic heterocycles. The van der Waals surface area contributed by atoms with E-state index in [0.29, 0.717) is 11.5 Å². The normalized spacial score (nSPS) is 10.7. The molecule has 0 aliphatic rings. The Balaban J connectivity index is 2.12. The molecule has 0 amide bonds. The van der Waals surface area contributed by atoms with Crippen molar-refractivity contribution in [1.82, 2.24) is 4.98 Å². The molecule has 0 fully saturated rings. The van der Waals surface area contributed by atoms with E-state index in [9.17, 15) is 10.2 Å². The molecule has 0 saturated carbocycles. The van der Waals surface area contributed by atoms with Crippen molar-refractivity contribution in [2.75, 3.05) is 0 Å². The minimum atomic E-state index is 0.0381. The second-order valence-corrected chi connectivity index (χ2v) is 4.56. The Morgan fingerprint density at radius 3 is 1.85 bits per heavy atom. The lowest BCUT2D eigenvalue weighted by Gasteiger charge is -2.02. The summed E-state index contributed by atoms with van der Waals surface area (Å²) in [6, 6.07) is 13.2. The largest absolute Gasteiger partial charge is 0.508 e. The van der Waals surface area contributed by atoms with E-state index in [1.165, 1.54) is 0 Å². The van der Waals surface area contributed by atoms with Gasteiger partial charge in [-0.25, -0.2) is 0 Å². The molecule has 5 heteroatoms. The van der Waals surface area contributed by atoms with Crippen molar-refractivity contribution in [3.63, 3.8) is 0 Å². The summed E-state index contributed by atoms with van der Waals surface area (Å²) >= 11 is 5.85. The molecule has 2 aromatic carbocycles. The summed E-state index contributed by atoms with van der Waals surface area (Å²) in [6.45, 7) is 0. The van der Waals surface area contributed by atoms with E-state index in [4.69, 9.17) is 16.0 Å². The van der Waals surface area contributed by atoms with Crippen molar-refractivity contribution < 1.29 is 14.6 Å². The van der Waals surface area contributed by atoms with Crippen molar-refractivity contribution in [3.8, 4) is 34.1 Å². The molecule has 0 aliphatic heterocycles. The number of phenolic OH excluding ortho intramolecular Hbond substituents is 2. The van der Waals surface area contributed by atoms with Crippen molar-refractivity contribution >= 4 is 11.6 Å². The number of aromatic hydroxyl groups is 2. The number of rotatable bonds is 2. The fourth-order valence-electron chi connectivity index (χ4n) is 1.92. The quantitative estimate of drug-likeness (QED) is 0.745. The van der Waals surface area contributed by atoms with Crippen LogP contribution in [0.2, 0.25) is 5.35 Å². The summed E-state index contributed by atoms with van der Waals surface area (Å²) in [5.74, 6) is 0.862. The Hall–Kier alpha value is -2.46. The van der Waals surface area contributed by atoms with Gasteiger partial charge in [0.05, 0.1) is 0 Å². The van der Waals surface area contributed by atoms with Crippen LogP contribution in [0.1, 0.15) is 0 Å². The molecule has 0 unspecified atom stereocenters. The highest BCUT2D eigenvalue weighted by atomic mass is 35.5. The van der Waals surface area contributed by atoms with E-state index in [0.717, 1.165) is 11.1 Å². The molecule has 0 aliphatic carbocycles. The van der Waals surface area contributed by atoms with Crippen LogP contribution in [0.25, 0.3) is 22.6 Å². The number of oxazole rings is 1. The van der Waals surface area contributed by atoms with Crippen molar-refractivity contribution in [1.29, 1.82) is 0 Å². The first-order chi connectivity index (χ1) is 9.63. The minimum Gasteiger partial charge on any atom is -0.508 e. The van der Waals surface area contributed by atoms with Crippen LogP contribution >= 0.6 is 11.6 Å². The van der Waals surface area contributed by atoms with Gasteiger partial charge in [0.25, 0.3) is 5.35 Å². The van der Waals surface area contributed by atoms with E-state index in [1.807, 2.05) is 0 Å². The zero-order valence-electron chi connectivity index (χ0n) is 10.2. The molecule has 0 saturated heterocycles. The van der Waals surface area contributed by atoms with Crippen LogP contribution in [0, 0.1) is 0 Å². The molecule has 0 atom stereocenters. The summed E-state index contributed by atoms with van der Waals surface area (Å²) in [6.07, 6.45) is 0. The first-order valence-electron chi connectivity index (χ1n) is 5.88. The van der Waals surface area contributed by atoms with Crippen molar-refractivity contribution in [2.24, 2.45) is 0 Å². The van der Waals surface area contributed by atoms with Crippen LogP contribution in [0.5, 0.6) is 11.5 Å². The lowest BCUT2D eigenvalue weighted by molar-refractivity contribution is 0.474. The van der Waals surface area contributed by atoms with Crippen LogP contribution in [0.4, 0.5) is 0 Å². The van der Waals surface area contributed by atoms with Crippen LogP contribution in [-0.2, 0) is 0 Å². The summed E-state index contributed by atoms with van der Waals surface area (Å²) < 4.78 is 5.44. The van der Waals surface area contributed by atoms with Gasteiger partial charge in [-0.05, 0) is 60.1 Å². The monoisotopic (exact) mass is 287 g/mol. The Labute approximate surface area is 119 Å². The van der Waals surface area contributed by atoms with Gasteiger partial charge in [-0.1, -0.05) is 0 Å². The van der Waals surface area contributed by atoms with Gasteiger partial charge in [0.1, 0.15) is 17.2 Å². The van der Waals surface area contributed by atoms with Crippen LogP contribution in [-0.4, -0.2) is 15.2 Å². The van der Waals surface area contributed by atoms with Gasteiger partial charge in [-0.15, -0.1) is 0 Å². The molecule has 2 N–H and O–H groups in total. The third-order valence-corrected chi connectivity index (χ3v) is 3.03. The van der Waals surface area contributed by atoms with Crippen LogP contribution < -0.4 is 0 Å². The highest BCUT2D eigenvalue weighted by Gasteiger charge is 2.16. The first kappa shape index (κ1) is 12.6. The first-order valence-corrected chi connectivity index (χ1v) is 6.26. The maximum absolute atomic E-state index is 9.33. The zero-order valence-corrected chi connectivity index (χ0v) is 11.0. The summed E-state index contributed by atoms with van der Waals surface area (Å²) in [4.78, 5) is 4.16. The van der Waals surface area contributed by atoms with Gasteiger partial charge in [-0.3, -0.25) is 0 Å². The average Bonchev–Trinajstić information content (AvgIpc) is 2.82. The second-order valence-electron chi connectivity index (χ2n) is 4.24. The van der Waals surface area contributed by atoms with Crippen LogP contribution in [0.3, 0.4) is 0 Å². The smallest absolute Gasteiger partial charge is 0.293 e. The molecular weight excluding hydrogens is 278 g/mol. The number of aromatic nitrogens is 1. The fourth-order valence-corrected chi connectivity index (χ4v) is 2.08. The third kappa shape index (κ3) is 2.33. The molecule has 0 spiro atoms. The summed E-state index contributed by atoms with van der Waals surface area (Å²) in [5, 5.41) is 18.7. The molecule has 3 aromatic rings. The number of phenols is 2. The number of hydrogen-bond donors (Lipinski definition) is 2. The molecule has 1 heterocycles. The number of halogens is 1. The summed E-state index contributed by atoms with van der Waals surface area (Å²) in [7, 11) is 0. The zero-order chi connectivity index (χ0) is 14.1. The molecule has 0 bridgehead atoms. The van der Waals surface area contributed by atoms with Gasteiger partial charge >= 0.3 is 0 Å². The van der Waals surface area contributed by atoms with Crippen molar-refractivity contribution in [3.05, 3.63) is 53.9 Å². The number of hydrogen-bond acceptors (Lipinski definition) is 4. The Morgan fingerprint density at radius 2 is 1.30 bits per heavy atom. The highest BCUT2D eigenvalue weighted by molar-refractivity contribution is 6.28. The van der Waals surface area contributed by atoms with Gasteiger partial charge in [0, 0.05) is 11.1 Å². The van der Waals surface area contributed by atoms with E-state index in [1.54, 1.807) is 48.5 Å². The third-order valence-electron chi connectivity index (χ3n) is 2.87. The molecule has 100 valence electrons. The Bertz CT molecular complexity index is 670. The lowest BCUT2D eigenvalue weighted by atomic mass is 10.1. The Kier molecular flexibility index (Phi) is 3.08.